The van der Waals surface area contributed by atoms with Crippen LogP contribution in [-0.4, -0.2) is 117 Å². The van der Waals surface area contributed by atoms with Crippen molar-refractivity contribution in [2.24, 2.45) is 5.73 Å². The highest BCUT2D eigenvalue weighted by atomic mass is 16.6. The van der Waals surface area contributed by atoms with E-state index in [9.17, 15) is 24.0 Å². The largest absolute Gasteiger partial charge is 0.497 e. The topological polar surface area (TPSA) is 221 Å². The monoisotopic (exact) mass is 796 g/mol. The predicted octanol–water partition coefficient (Wildman–Crippen LogP) is 4.42. The zero-order valence-corrected chi connectivity index (χ0v) is 34.1. The number of nitrogens with zero attached hydrogens (tertiary/aromatic N) is 3. The summed E-state index contributed by atoms with van der Waals surface area (Å²) in [7, 11) is 2.97. The van der Waals surface area contributed by atoms with Crippen molar-refractivity contribution in [1.29, 1.82) is 5.26 Å². The van der Waals surface area contributed by atoms with Gasteiger partial charge in [-0.05, 0) is 91.5 Å². The van der Waals surface area contributed by atoms with Gasteiger partial charge >= 0.3 is 12.2 Å². The van der Waals surface area contributed by atoms with Crippen molar-refractivity contribution in [1.82, 2.24) is 20.4 Å². The fraction of sp³-hybridized carbons (Fsp3) is 0.550. The highest BCUT2D eigenvalue weighted by Gasteiger charge is 2.29. The fourth-order valence-electron chi connectivity index (χ4n) is 5.68. The van der Waals surface area contributed by atoms with Gasteiger partial charge in [0, 0.05) is 61.5 Å². The zero-order chi connectivity index (χ0) is 42.3. The molecule has 0 aromatic heterocycles. The molecule has 0 atom stereocenters. The minimum absolute atomic E-state index is 0.0409. The van der Waals surface area contributed by atoms with Crippen LogP contribution in [0.3, 0.4) is 0 Å². The predicted molar refractivity (Wildman–Crippen MR) is 208 cm³/mol. The molecule has 0 unspecified atom stereocenters. The van der Waals surface area contributed by atoms with Gasteiger partial charge in [0.15, 0.2) is 13.2 Å². The van der Waals surface area contributed by atoms with Crippen molar-refractivity contribution < 1.29 is 52.4 Å². The van der Waals surface area contributed by atoms with Gasteiger partial charge < -0.3 is 54.6 Å². The van der Waals surface area contributed by atoms with Gasteiger partial charge in [-0.15, -0.1) is 0 Å². The van der Waals surface area contributed by atoms with Crippen LogP contribution in [0.25, 0.3) is 0 Å². The number of methoxy groups -OCH3 is 2. The number of nitrogens with two attached hydrogens (primary N) is 1. The number of nitrogens with one attached hydrogen (secondary N) is 2. The van der Waals surface area contributed by atoms with Gasteiger partial charge in [0.05, 0.1) is 14.2 Å². The molecule has 0 spiro atoms. The molecule has 5 amide bonds. The Hall–Kier alpha value is -5.92. The van der Waals surface area contributed by atoms with Crippen molar-refractivity contribution in [3.63, 3.8) is 0 Å². The SMILES string of the molecule is COc1cc(OCC#N)cc(C(=O)NC2CCN(C(=O)OC(C)(C)C)CC2)c1.COc1cc(OCC(N)=O)cc(C(=O)NC2CCN(C(=O)OC(C)(C)C)CC2)c1. The minimum Gasteiger partial charge on any atom is -0.497 e. The highest BCUT2D eigenvalue weighted by Crippen LogP contribution is 2.25. The summed E-state index contributed by atoms with van der Waals surface area (Å²) < 4.78 is 31.7. The lowest BCUT2D eigenvalue weighted by atomic mass is 10.0. The lowest BCUT2D eigenvalue weighted by Gasteiger charge is -2.33. The van der Waals surface area contributed by atoms with Gasteiger partial charge in [0.25, 0.3) is 17.7 Å². The van der Waals surface area contributed by atoms with Crippen LogP contribution >= 0.6 is 0 Å². The average Bonchev–Trinajstić information content (AvgIpc) is 3.15. The van der Waals surface area contributed by atoms with E-state index >= 15 is 0 Å². The van der Waals surface area contributed by atoms with Crippen molar-refractivity contribution in [3.05, 3.63) is 47.5 Å². The number of benzene rings is 2. The first-order valence-electron chi connectivity index (χ1n) is 18.7. The van der Waals surface area contributed by atoms with E-state index in [1.165, 1.54) is 20.3 Å². The average molecular weight is 797 g/mol. The summed E-state index contributed by atoms with van der Waals surface area (Å²) in [6, 6.07) is 11.3. The number of piperidine rings is 2. The third kappa shape index (κ3) is 16.0. The number of likely N-dealkylation sites (tertiary alicyclic amines) is 2. The molecule has 312 valence electrons. The molecule has 4 rings (SSSR count). The van der Waals surface area contributed by atoms with Crippen LogP contribution in [0.15, 0.2) is 36.4 Å². The molecule has 2 aliphatic heterocycles. The second-order valence-electron chi connectivity index (χ2n) is 15.4. The van der Waals surface area contributed by atoms with Crippen LogP contribution in [0.1, 0.15) is 87.9 Å². The van der Waals surface area contributed by atoms with E-state index in [1.807, 2.05) is 47.6 Å². The molecule has 0 radical (unpaired) electrons. The number of hydrogen-bond donors (Lipinski definition) is 3. The molecular formula is C40H56N6O11. The first kappa shape index (κ1) is 45.5. The number of amides is 5. The second kappa shape index (κ2) is 20.8. The lowest BCUT2D eigenvalue weighted by Crippen LogP contribution is -2.47. The lowest BCUT2D eigenvalue weighted by molar-refractivity contribution is -0.119. The molecule has 0 bridgehead atoms. The first-order valence-corrected chi connectivity index (χ1v) is 18.7. The Morgan fingerprint density at radius 2 is 1.04 bits per heavy atom. The minimum atomic E-state index is -0.615. The number of primary amides is 1. The summed E-state index contributed by atoms with van der Waals surface area (Å²) in [5.74, 6) is 0.451. The smallest absolute Gasteiger partial charge is 0.410 e. The Balaban J connectivity index is 0.000000306. The Morgan fingerprint density at radius 3 is 1.37 bits per heavy atom. The Kier molecular flexibility index (Phi) is 16.6. The van der Waals surface area contributed by atoms with Crippen LogP contribution in [-0.2, 0) is 14.3 Å². The molecular weight excluding hydrogens is 740 g/mol. The second-order valence-corrected chi connectivity index (χ2v) is 15.4. The van der Waals surface area contributed by atoms with Crippen molar-refractivity contribution in [2.45, 2.75) is 90.5 Å². The summed E-state index contributed by atoms with van der Waals surface area (Å²) >= 11 is 0. The number of ether oxygens (including phenoxy) is 6. The quantitative estimate of drug-likeness (QED) is 0.288. The van der Waals surface area contributed by atoms with E-state index in [-0.39, 0.29) is 49.3 Å². The van der Waals surface area contributed by atoms with Crippen molar-refractivity contribution >= 4 is 29.9 Å². The number of carbonyl (C=O) groups is 5. The summed E-state index contributed by atoms with van der Waals surface area (Å²) in [5, 5.41) is 14.6. The van der Waals surface area contributed by atoms with Gasteiger partial charge in [0.2, 0.25) is 0 Å². The van der Waals surface area contributed by atoms with Crippen molar-refractivity contribution in [2.75, 3.05) is 53.6 Å². The third-order valence-electron chi connectivity index (χ3n) is 8.40. The number of nitriles is 1. The highest BCUT2D eigenvalue weighted by molar-refractivity contribution is 5.96. The summed E-state index contributed by atoms with van der Waals surface area (Å²) in [6.07, 6.45) is 1.87. The molecule has 2 aliphatic rings. The third-order valence-corrected chi connectivity index (χ3v) is 8.40. The fourth-order valence-corrected chi connectivity index (χ4v) is 5.68. The van der Waals surface area contributed by atoms with Gasteiger partial charge in [-0.1, -0.05) is 0 Å². The number of rotatable bonds is 11. The Morgan fingerprint density at radius 1 is 0.667 bits per heavy atom. The summed E-state index contributed by atoms with van der Waals surface area (Å²) in [6.45, 7) is 12.6. The van der Waals surface area contributed by atoms with Crippen LogP contribution < -0.4 is 35.3 Å². The zero-order valence-electron chi connectivity index (χ0n) is 34.1. The molecule has 17 nitrogen and oxygen atoms in total. The normalized spacial score (nSPS) is 14.8. The Labute approximate surface area is 334 Å². The molecule has 2 heterocycles. The van der Waals surface area contributed by atoms with E-state index in [0.29, 0.717) is 86.0 Å². The maximum atomic E-state index is 12.7. The van der Waals surface area contributed by atoms with Crippen LogP contribution in [0.2, 0.25) is 0 Å². The van der Waals surface area contributed by atoms with Gasteiger partial charge in [0.1, 0.15) is 40.3 Å². The molecule has 0 aliphatic carbocycles. The molecule has 57 heavy (non-hydrogen) atoms. The van der Waals surface area contributed by atoms with Crippen LogP contribution in [0.5, 0.6) is 23.0 Å². The van der Waals surface area contributed by atoms with Crippen molar-refractivity contribution in [3.8, 4) is 29.1 Å². The van der Waals surface area contributed by atoms with E-state index < -0.39 is 17.1 Å². The van der Waals surface area contributed by atoms with E-state index in [0.717, 1.165) is 0 Å². The summed E-state index contributed by atoms with van der Waals surface area (Å²) in [4.78, 5) is 63.8. The molecule has 2 aromatic carbocycles. The molecule has 0 saturated carbocycles. The van der Waals surface area contributed by atoms with Crippen LogP contribution in [0, 0.1) is 11.3 Å². The molecule has 2 saturated heterocycles. The number of carbonyl (C=O) groups excluding carboxylic acids is 5. The molecule has 4 N–H and O–H groups in total. The molecule has 2 aromatic rings. The van der Waals surface area contributed by atoms with Crippen LogP contribution in [0.4, 0.5) is 9.59 Å². The van der Waals surface area contributed by atoms with E-state index in [2.05, 4.69) is 10.6 Å². The van der Waals surface area contributed by atoms with E-state index in [4.69, 9.17) is 39.4 Å². The first-order chi connectivity index (χ1) is 26.8. The molecule has 17 heteroatoms. The van der Waals surface area contributed by atoms with Gasteiger partial charge in [-0.3, -0.25) is 14.4 Å². The maximum absolute atomic E-state index is 12.7. The number of hydrogen-bond acceptors (Lipinski definition) is 12. The maximum Gasteiger partial charge on any atom is 0.410 e. The Bertz CT molecular complexity index is 1750. The van der Waals surface area contributed by atoms with E-state index in [1.54, 1.807) is 40.1 Å². The summed E-state index contributed by atoms with van der Waals surface area (Å²) in [5.41, 5.74) is 4.76. The molecule has 2 fully saturated rings. The standard InChI is InChI=1S/C20H29N3O6.C20H27N3O5/c1-20(2,3)29-19(26)23-7-5-14(6-8-23)22-18(25)13-9-15(27-4)11-16(10-13)28-12-17(21)24;1-20(2,3)28-19(25)23-8-5-15(6-9-23)22-18(24)14-11-16(26-4)13-17(12-14)27-10-7-21/h9-11,14H,5-8,12H2,1-4H3,(H2,21,24)(H,22,25);11-13,15H,5-6,8-10H2,1-4H3,(H,22,24). The van der Waals surface area contributed by atoms with Gasteiger partial charge in [-0.25, -0.2) is 9.59 Å². The van der Waals surface area contributed by atoms with Gasteiger partial charge in [-0.2, -0.15) is 5.26 Å².